The van der Waals surface area contributed by atoms with E-state index in [2.05, 4.69) is 20.8 Å². The number of nitrogens with zero attached hydrogens (tertiary/aromatic N) is 1. The van der Waals surface area contributed by atoms with Crippen LogP contribution in [0.25, 0.3) is 0 Å². The Balaban J connectivity index is 2.21. The van der Waals surface area contributed by atoms with Gasteiger partial charge in [0.15, 0.2) is 0 Å². The zero-order chi connectivity index (χ0) is 14.5. The zero-order valence-corrected chi connectivity index (χ0v) is 13.2. The molecular weight excluding hydrogens is 322 g/mol. The van der Waals surface area contributed by atoms with Gasteiger partial charge in [0.1, 0.15) is 11.8 Å². The fraction of sp³-hybridized carbons (Fsp3) is 0.533. The van der Waals surface area contributed by atoms with Crippen LogP contribution in [0.15, 0.2) is 22.7 Å². The molecule has 1 aliphatic rings. The molecule has 0 amide bonds. The summed E-state index contributed by atoms with van der Waals surface area (Å²) in [4.78, 5) is 13.5. The molecule has 1 aliphatic heterocycles. The number of ether oxygens (including phenoxy) is 1. The van der Waals surface area contributed by atoms with E-state index in [1.807, 2.05) is 18.2 Å². The van der Waals surface area contributed by atoms with Crippen molar-refractivity contribution in [1.82, 2.24) is 4.90 Å². The maximum absolute atomic E-state index is 11.4. The SMILES string of the molecule is COc1ccc(Br)cc1CN1CCCCCC1C(=O)O. The van der Waals surface area contributed by atoms with Gasteiger partial charge in [0.05, 0.1) is 7.11 Å². The molecule has 0 bridgehead atoms. The molecule has 1 N–H and O–H groups in total. The number of benzene rings is 1. The Labute approximate surface area is 127 Å². The summed E-state index contributed by atoms with van der Waals surface area (Å²) in [6, 6.07) is 5.45. The van der Waals surface area contributed by atoms with Crippen LogP contribution in [0.3, 0.4) is 0 Å². The largest absolute Gasteiger partial charge is 0.496 e. The second kappa shape index (κ2) is 7.09. The molecule has 0 aliphatic carbocycles. The number of carboxylic acids is 1. The van der Waals surface area contributed by atoms with E-state index in [4.69, 9.17) is 4.74 Å². The minimum absolute atomic E-state index is 0.388. The average molecular weight is 342 g/mol. The summed E-state index contributed by atoms with van der Waals surface area (Å²) in [5.74, 6) is 0.0856. The minimum atomic E-state index is -0.721. The normalized spacial score (nSPS) is 20.4. The van der Waals surface area contributed by atoms with Crippen LogP contribution in [0.5, 0.6) is 5.75 Å². The van der Waals surface area contributed by atoms with Crippen molar-refractivity contribution in [3.05, 3.63) is 28.2 Å². The van der Waals surface area contributed by atoms with Crippen molar-refractivity contribution in [2.75, 3.05) is 13.7 Å². The highest BCUT2D eigenvalue weighted by atomic mass is 79.9. The van der Waals surface area contributed by atoms with Crippen LogP contribution in [0, 0.1) is 0 Å². The highest BCUT2D eigenvalue weighted by Gasteiger charge is 2.27. The monoisotopic (exact) mass is 341 g/mol. The number of carbonyl (C=O) groups is 1. The lowest BCUT2D eigenvalue weighted by molar-refractivity contribution is -0.143. The fourth-order valence-electron chi connectivity index (χ4n) is 2.73. The summed E-state index contributed by atoms with van der Waals surface area (Å²) in [5.41, 5.74) is 1.02. The van der Waals surface area contributed by atoms with E-state index in [-0.39, 0.29) is 6.04 Å². The molecule has 0 aromatic heterocycles. The molecule has 1 aromatic rings. The lowest BCUT2D eigenvalue weighted by Crippen LogP contribution is -2.40. The summed E-state index contributed by atoms with van der Waals surface area (Å²) >= 11 is 3.46. The lowest BCUT2D eigenvalue weighted by Gasteiger charge is -2.27. The second-order valence-corrected chi connectivity index (χ2v) is 6.05. The molecule has 1 unspecified atom stereocenters. The third kappa shape index (κ3) is 3.73. The third-order valence-corrected chi connectivity index (χ3v) is 4.26. The average Bonchev–Trinajstić information content (AvgIpc) is 2.64. The smallest absolute Gasteiger partial charge is 0.320 e. The third-order valence-electron chi connectivity index (χ3n) is 3.76. The number of carboxylic acid groups (broad SMARTS) is 1. The predicted octanol–water partition coefficient (Wildman–Crippen LogP) is 3.29. The minimum Gasteiger partial charge on any atom is -0.496 e. The van der Waals surface area contributed by atoms with Gasteiger partial charge in [-0.05, 0) is 37.6 Å². The van der Waals surface area contributed by atoms with Crippen molar-refractivity contribution in [3.8, 4) is 5.75 Å². The molecule has 0 spiro atoms. The van der Waals surface area contributed by atoms with Gasteiger partial charge in [-0.1, -0.05) is 28.8 Å². The molecule has 0 radical (unpaired) electrons. The summed E-state index contributed by atoms with van der Waals surface area (Å²) < 4.78 is 6.36. The van der Waals surface area contributed by atoms with Gasteiger partial charge in [-0.15, -0.1) is 0 Å². The van der Waals surface area contributed by atoms with Crippen molar-refractivity contribution in [2.24, 2.45) is 0 Å². The fourth-order valence-corrected chi connectivity index (χ4v) is 3.13. The Kier molecular flexibility index (Phi) is 5.43. The van der Waals surface area contributed by atoms with Crippen LogP contribution in [0.2, 0.25) is 0 Å². The number of hydrogen-bond acceptors (Lipinski definition) is 3. The first-order valence-corrected chi connectivity index (χ1v) is 7.70. The highest BCUT2D eigenvalue weighted by Crippen LogP contribution is 2.27. The quantitative estimate of drug-likeness (QED) is 0.912. The number of halogens is 1. The van der Waals surface area contributed by atoms with Crippen LogP contribution < -0.4 is 4.74 Å². The van der Waals surface area contributed by atoms with Crippen LogP contribution >= 0.6 is 15.9 Å². The van der Waals surface area contributed by atoms with E-state index >= 15 is 0 Å². The molecule has 20 heavy (non-hydrogen) atoms. The van der Waals surface area contributed by atoms with Crippen LogP contribution in [-0.4, -0.2) is 35.7 Å². The van der Waals surface area contributed by atoms with E-state index < -0.39 is 5.97 Å². The van der Waals surface area contributed by atoms with E-state index in [1.165, 1.54) is 0 Å². The zero-order valence-electron chi connectivity index (χ0n) is 11.6. The number of rotatable bonds is 4. The first-order chi connectivity index (χ1) is 9.61. The molecule has 1 aromatic carbocycles. The Bertz CT molecular complexity index is 478. The number of hydrogen-bond donors (Lipinski definition) is 1. The molecule has 1 heterocycles. The van der Waals surface area contributed by atoms with Crippen molar-refractivity contribution in [3.63, 3.8) is 0 Å². The summed E-state index contributed by atoms with van der Waals surface area (Å²) in [6.45, 7) is 1.44. The van der Waals surface area contributed by atoms with Crippen LogP contribution in [0.4, 0.5) is 0 Å². The Morgan fingerprint density at radius 2 is 2.25 bits per heavy atom. The molecule has 110 valence electrons. The van der Waals surface area contributed by atoms with Crippen LogP contribution in [0.1, 0.15) is 31.2 Å². The first kappa shape index (κ1) is 15.3. The molecule has 1 fully saturated rings. The topological polar surface area (TPSA) is 49.8 Å². The van der Waals surface area contributed by atoms with E-state index in [9.17, 15) is 9.90 Å². The van der Waals surface area contributed by atoms with Gasteiger partial charge < -0.3 is 9.84 Å². The van der Waals surface area contributed by atoms with Gasteiger partial charge in [-0.3, -0.25) is 9.69 Å². The van der Waals surface area contributed by atoms with Gasteiger partial charge in [0.25, 0.3) is 0 Å². The molecule has 2 rings (SSSR count). The molecule has 0 saturated carbocycles. The van der Waals surface area contributed by atoms with Gasteiger partial charge in [0.2, 0.25) is 0 Å². The van der Waals surface area contributed by atoms with Crippen molar-refractivity contribution < 1.29 is 14.6 Å². The summed E-state index contributed by atoms with van der Waals surface area (Å²) in [7, 11) is 1.64. The molecule has 4 nitrogen and oxygen atoms in total. The van der Waals surface area contributed by atoms with Crippen molar-refractivity contribution in [1.29, 1.82) is 0 Å². The maximum atomic E-state index is 11.4. The molecule has 1 atom stereocenters. The van der Waals surface area contributed by atoms with Gasteiger partial charge >= 0.3 is 5.97 Å². The number of methoxy groups -OCH3 is 1. The standard InChI is InChI=1S/C15H20BrNO3/c1-20-14-7-6-12(16)9-11(14)10-17-8-4-2-3-5-13(17)15(18)19/h6-7,9,13H,2-5,8,10H2,1H3,(H,18,19). The van der Waals surface area contributed by atoms with E-state index in [0.29, 0.717) is 6.54 Å². The summed E-state index contributed by atoms with van der Waals surface area (Å²) in [5, 5.41) is 9.41. The van der Waals surface area contributed by atoms with Gasteiger partial charge in [-0.2, -0.15) is 0 Å². The van der Waals surface area contributed by atoms with Crippen molar-refractivity contribution in [2.45, 2.75) is 38.3 Å². The molecule has 5 heteroatoms. The van der Waals surface area contributed by atoms with Gasteiger partial charge in [-0.25, -0.2) is 0 Å². The Morgan fingerprint density at radius 1 is 1.45 bits per heavy atom. The second-order valence-electron chi connectivity index (χ2n) is 5.13. The van der Waals surface area contributed by atoms with Crippen LogP contribution in [-0.2, 0) is 11.3 Å². The highest BCUT2D eigenvalue weighted by molar-refractivity contribution is 9.10. The predicted molar refractivity (Wildman–Crippen MR) is 81.0 cm³/mol. The first-order valence-electron chi connectivity index (χ1n) is 6.91. The molecule has 1 saturated heterocycles. The van der Waals surface area contributed by atoms with E-state index in [1.54, 1.807) is 7.11 Å². The molecular formula is C15H20BrNO3. The summed E-state index contributed by atoms with van der Waals surface area (Å²) in [6.07, 6.45) is 3.88. The van der Waals surface area contributed by atoms with Gasteiger partial charge in [0, 0.05) is 16.6 Å². The number of aliphatic carboxylic acids is 1. The lowest BCUT2D eigenvalue weighted by atomic mass is 10.1. The Morgan fingerprint density at radius 3 is 2.95 bits per heavy atom. The Hall–Kier alpha value is -1.07. The maximum Gasteiger partial charge on any atom is 0.320 e. The van der Waals surface area contributed by atoms with Crippen molar-refractivity contribution >= 4 is 21.9 Å². The van der Waals surface area contributed by atoms with E-state index in [0.717, 1.165) is 48.0 Å². The number of likely N-dealkylation sites (tertiary alicyclic amines) is 1.